The first-order valence-electron chi connectivity index (χ1n) is 7.34. The lowest BCUT2D eigenvalue weighted by Gasteiger charge is -2.21. The second kappa shape index (κ2) is 8.19. The van der Waals surface area contributed by atoms with Crippen LogP contribution in [0.25, 0.3) is 0 Å². The molecule has 1 aromatic carbocycles. The Morgan fingerprint density at radius 1 is 1.12 bits per heavy atom. The minimum absolute atomic E-state index is 0.0176. The molecule has 8 heteroatoms. The summed E-state index contributed by atoms with van der Waals surface area (Å²) in [6.07, 6.45) is 0. The van der Waals surface area contributed by atoms with Crippen molar-refractivity contribution in [2.75, 3.05) is 19.8 Å². The van der Waals surface area contributed by atoms with Crippen LogP contribution in [0, 0.1) is 0 Å². The summed E-state index contributed by atoms with van der Waals surface area (Å²) in [4.78, 5) is 0.483. The molecule has 3 N–H and O–H groups in total. The van der Waals surface area contributed by atoms with Crippen LogP contribution in [0.3, 0.4) is 0 Å². The third kappa shape index (κ3) is 5.66. The second-order valence-corrected chi connectivity index (χ2v) is 8.40. The van der Waals surface area contributed by atoms with Crippen LogP contribution >= 0.6 is 11.3 Å². The van der Waals surface area contributed by atoms with Crippen LogP contribution < -0.4 is 5.14 Å². The number of ether oxygens (including phenoxy) is 2. The van der Waals surface area contributed by atoms with E-state index in [4.69, 9.17) is 14.6 Å². The maximum absolute atomic E-state index is 11.3. The fourth-order valence-electron chi connectivity index (χ4n) is 1.99. The molecule has 1 heterocycles. The van der Waals surface area contributed by atoms with Crippen molar-refractivity contribution in [3.05, 3.63) is 52.9 Å². The zero-order valence-corrected chi connectivity index (χ0v) is 15.0. The highest BCUT2D eigenvalue weighted by Crippen LogP contribution is 2.30. The molecule has 2 aromatic rings. The van der Waals surface area contributed by atoms with E-state index in [0.29, 0.717) is 24.7 Å². The molecular weight excluding hydrogens is 350 g/mol. The molecule has 0 aliphatic heterocycles. The van der Waals surface area contributed by atoms with E-state index in [-0.39, 0.29) is 10.8 Å². The fraction of sp³-hybridized carbons (Fsp3) is 0.375. The number of rotatable bonds is 9. The van der Waals surface area contributed by atoms with Crippen molar-refractivity contribution in [1.82, 2.24) is 0 Å². The third-order valence-electron chi connectivity index (χ3n) is 3.26. The lowest BCUT2D eigenvalue weighted by molar-refractivity contribution is -0.0508. The first kappa shape index (κ1) is 19.0. The van der Waals surface area contributed by atoms with Crippen LogP contribution in [0.5, 0.6) is 0 Å². The zero-order chi connectivity index (χ0) is 17.6. The lowest BCUT2D eigenvalue weighted by atomic mass is 10.1. The van der Waals surface area contributed by atoms with Crippen LogP contribution in [0.15, 0.2) is 46.7 Å². The van der Waals surface area contributed by atoms with Crippen molar-refractivity contribution in [2.24, 2.45) is 5.14 Å². The Hall–Kier alpha value is -1.29. The van der Waals surface area contributed by atoms with Gasteiger partial charge < -0.3 is 14.6 Å². The molecule has 1 unspecified atom stereocenters. The normalized spacial score (nSPS) is 14.5. The lowest BCUT2D eigenvalue weighted by Crippen LogP contribution is -2.27. The molecule has 2 rings (SSSR count). The minimum atomic E-state index is -3.75. The van der Waals surface area contributed by atoms with Gasteiger partial charge in [-0.05, 0) is 24.6 Å². The van der Waals surface area contributed by atoms with Gasteiger partial charge in [-0.25, -0.2) is 13.6 Å². The maximum atomic E-state index is 11.3. The summed E-state index contributed by atoms with van der Waals surface area (Å²) in [6.45, 7) is 2.83. The molecule has 0 saturated carbocycles. The van der Waals surface area contributed by atoms with Crippen LogP contribution in [0.2, 0.25) is 0 Å². The smallest absolute Gasteiger partial charge is 0.247 e. The molecule has 0 aliphatic carbocycles. The first-order valence-corrected chi connectivity index (χ1v) is 9.70. The van der Waals surface area contributed by atoms with Gasteiger partial charge in [-0.3, -0.25) is 0 Å². The molecule has 1 aromatic heterocycles. The molecule has 0 fully saturated rings. The average Bonchev–Trinajstić information content (AvgIpc) is 3.03. The first-order chi connectivity index (χ1) is 11.3. The van der Waals surface area contributed by atoms with Crippen LogP contribution in [-0.4, -0.2) is 33.3 Å². The van der Waals surface area contributed by atoms with Gasteiger partial charge in [0.15, 0.2) is 0 Å². The Morgan fingerprint density at radius 2 is 1.79 bits per heavy atom. The molecule has 6 nitrogen and oxygen atoms in total. The quantitative estimate of drug-likeness (QED) is 0.655. The van der Waals surface area contributed by atoms with Gasteiger partial charge in [0.1, 0.15) is 9.81 Å². The summed E-state index contributed by atoms with van der Waals surface area (Å²) in [5.41, 5.74) is -0.203. The Bertz CT molecular complexity index is 741. The highest BCUT2D eigenvalue weighted by Gasteiger charge is 2.27. The number of nitrogens with two attached hydrogens (primary N) is 1. The maximum Gasteiger partial charge on any atom is 0.247 e. The average molecular weight is 371 g/mol. The summed E-state index contributed by atoms with van der Waals surface area (Å²) in [7, 11) is -3.75. The molecule has 132 valence electrons. The summed E-state index contributed by atoms with van der Waals surface area (Å²) in [5.74, 6) is 0. The second-order valence-electron chi connectivity index (χ2n) is 5.53. The van der Waals surface area contributed by atoms with E-state index in [1.165, 1.54) is 6.07 Å². The molecule has 24 heavy (non-hydrogen) atoms. The van der Waals surface area contributed by atoms with Gasteiger partial charge in [-0.2, -0.15) is 0 Å². The van der Waals surface area contributed by atoms with Gasteiger partial charge in [0.05, 0.1) is 26.4 Å². The molecule has 0 radical (unpaired) electrons. The molecule has 0 aliphatic rings. The predicted molar refractivity (Wildman–Crippen MR) is 92.2 cm³/mol. The van der Waals surface area contributed by atoms with E-state index in [9.17, 15) is 13.5 Å². The van der Waals surface area contributed by atoms with Crippen molar-refractivity contribution in [1.29, 1.82) is 0 Å². The molecule has 0 spiro atoms. The van der Waals surface area contributed by atoms with E-state index in [0.717, 1.165) is 16.9 Å². The van der Waals surface area contributed by atoms with Crippen LogP contribution in [0.1, 0.15) is 17.4 Å². The van der Waals surface area contributed by atoms with E-state index in [1.807, 2.05) is 30.3 Å². The van der Waals surface area contributed by atoms with E-state index in [1.54, 1.807) is 13.0 Å². The minimum Gasteiger partial charge on any atom is -0.382 e. The standard InChI is InChI=1S/C16H21NO5S2/c1-16(18,14-7-8-15(23-14)24(17,19)20)12-22-10-9-21-11-13-5-3-2-4-6-13/h2-8,18H,9-12H2,1H3,(H2,17,19,20). The number of hydrogen-bond donors (Lipinski definition) is 2. The summed E-state index contributed by atoms with van der Waals surface area (Å²) in [5, 5.41) is 15.5. The topological polar surface area (TPSA) is 98.8 Å². The molecule has 0 amide bonds. The van der Waals surface area contributed by atoms with Gasteiger partial charge >= 0.3 is 0 Å². The van der Waals surface area contributed by atoms with Gasteiger partial charge in [-0.1, -0.05) is 30.3 Å². The van der Waals surface area contributed by atoms with Gasteiger partial charge in [0.25, 0.3) is 0 Å². The Kier molecular flexibility index (Phi) is 6.50. The highest BCUT2D eigenvalue weighted by molar-refractivity contribution is 7.91. The largest absolute Gasteiger partial charge is 0.382 e. The Labute approximate surface area is 145 Å². The van der Waals surface area contributed by atoms with E-state index in [2.05, 4.69) is 0 Å². The van der Waals surface area contributed by atoms with Crippen molar-refractivity contribution >= 4 is 21.4 Å². The molecule has 0 bridgehead atoms. The summed E-state index contributed by atoms with van der Waals surface area (Å²) >= 11 is 0.938. The third-order valence-corrected chi connectivity index (χ3v) is 6.04. The number of primary sulfonamides is 1. The molecule has 1 atom stereocenters. The Balaban J connectivity index is 1.73. The number of hydrogen-bond acceptors (Lipinski definition) is 6. The number of benzene rings is 1. The number of sulfonamides is 1. The van der Waals surface area contributed by atoms with Gasteiger partial charge in [0.2, 0.25) is 10.0 Å². The molecule has 0 saturated heterocycles. The molecular formula is C16H21NO5S2. The predicted octanol–water partition coefficient (Wildman–Crippen LogP) is 1.84. The van der Waals surface area contributed by atoms with E-state index < -0.39 is 15.6 Å². The van der Waals surface area contributed by atoms with Crippen LogP contribution in [-0.2, 0) is 31.7 Å². The SMILES string of the molecule is CC(O)(COCCOCc1ccccc1)c1ccc(S(N)(=O)=O)s1. The van der Waals surface area contributed by atoms with Crippen molar-refractivity contribution in [3.8, 4) is 0 Å². The zero-order valence-electron chi connectivity index (χ0n) is 13.3. The van der Waals surface area contributed by atoms with Gasteiger partial charge in [0, 0.05) is 4.88 Å². The summed E-state index contributed by atoms with van der Waals surface area (Å²) in [6, 6.07) is 12.7. The van der Waals surface area contributed by atoms with E-state index >= 15 is 0 Å². The van der Waals surface area contributed by atoms with Crippen molar-refractivity contribution in [2.45, 2.75) is 23.3 Å². The fourth-order valence-corrected chi connectivity index (χ4v) is 3.75. The van der Waals surface area contributed by atoms with Crippen LogP contribution in [0.4, 0.5) is 0 Å². The number of thiophene rings is 1. The number of aliphatic hydroxyl groups is 1. The van der Waals surface area contributed by atoms with Gasteiger partial charge in [-0.15, -0.1) is 11.3 Å². The highest BCUT2D eigenvalue weighted by atomic mass is 32.2. The Morgan fingerprint density at radius 3 is 2.42 bits per heavy atom. The monoisotopic (exact) mass is 371 g/mol. The summed E-state index contributed by atoms with van der Waals surface area (Å²) < 4.78 is 33.5. The van der Waals surface area contributed by atoms with Crippen molar-refractivity contribution in [3.63, 3.8) is 0 Å². The van der Waals surface area contributed by atoms with Crippen molar-refractivity contribution < 1.29 is 23.0 Å².